The van der Waals surface area contributed by atoms with E-state index in [2.05, 4.69) is 17.2 Å². The van der Waals surface area contributed by atoms with Crippen LogP contribution in [0.1, 0.15) is 58.3 Å². The first-order chi connectivity index (χ1) is 11.0. The number of amides is 1. The lowest BCUT2D eigenvalue weighted by Gasteiger charge is -2.16. The fraction of sp³-hybridized carbons (Fsp3) is 0.882. The van der Waals surface area contributed by atoms with Crippen LogP contribution in [0.2, 0.25) is 0 Å². The molecular formula is C17H34N4O2. The van der Waals surface area contributed by atoms with E-state index in [0.717, 1.165) is 25.8 Å². The number of aliphatic imine (C=N–C) groups is 1. The number of carbonyl (C=O) groups excluding carboxylic acids is 1. The number of guanidine groups is 1. The van der Waals surface area contributed by atoms with Crippen LogP contribution in [-0.4, -0.2) is 56.2 Å². The first kappa shape index (κ1) is 19.7. The molecule has 2 unspecified atom stereocenters. The quantitative estimate of drug-likeness (QED) is 0.365. The molecule has 0 aromatic carbocycles. The van der Waals surface area contributed by atoms with Gasteiger partial charge in [0.05, 0.1) is 12.6 Å². The van der Waals surface area contributed by atoms with Crippen molar-refractivity contribution in [3.8, 4) is 0 Å². The molecule has 6 heteroatoms. The molecule has 0 aromatic heterocycles. The predicted molar refractivity (Wildman–Crippen MR) is 94.5 cm³/mol. The van der Waals surface area contributed by atoms with E-state index in [-0.39, 0.29) is 18.1 Å². The van der Waals surface area contributed by atoms with Crippen molar-refractivity contribution in [3.63, 3.8) is 0 Å². The molecule has 0 saturated carbocycles. The van der Waals surface area contributed by atoms with Crippen LogP contribution in [0.3, 0.4) is 0 Å². The Hall–Kier alpha value is -1.30. The van der Waals surface area contributed by atoms with E-state index in [1.54, 1.807) is 19.0 Å². The Kier molecular flexibility index (Phi) is 9.67. The van der Waals surface area contributed by atoms with E-state index in [1.807, 2.05) is 0 Å². The molecule has 1 aliphatic rings. The summed E-state index contributed by atoms with van der Waals surface area (Å²) in [6.07, 6.45) is 8.90. The molecule has 0 spiro atoms. The minimum absolute atomic E-state index is 0.00158. The van der Waals surface area contributed by atoms with E-state index in [4.69, 9.17) is 10.5 Å². The van der Waals surface area contributed by atoms with Crippen molar-refractivity contribution in [2.24, 2.45) is 10.7 Å². The van der Waals surface area contributed by atoms with Gasteiger partial charge in [-0.2, -0.15) is 0 Å². The summed E-state index contributed by atoms with van der Waals surface area (Å²) in [5.74, 6) is 0.509. The fourth-order valence-corrected chi connectivity index (χ4v) is 2.69. The highest BCUT2D eigenvalue weighted by molar-refractivity contribution is 5.80. The number of ether oxygens (including phenoxy) is 1. The van der Waals surface area contributed by atoms with Gasteiger partial charge in [0.2, 0.25) is 0 Å². The Morgan fingerprint density at radius 2 is 1.91 bits per heavy atom. The third-order valence-electron chi connectivity index (χ3n) is 4.13. The molecule has 0 aromatic rings. The number of hydrogen-bond donors (Lipinski definition) is 2. The molecular weight excluding hydrogens is 292 g/mol. The summed E-state index contributed by atoms with van der Waals surface area (Å²) in [5.41, 5.74) is 5.87. The van der Waals surface area contributed by atoms with Crippen LogP contribution in [0.25, 0.3) is 0 Å². The molecule has 1 fully saturated rings. The van der Waals surface area contributed by atoms with Crippen LogP contribution >= 0.6 is 0 Å². The molecule has 1 rings (SSSR count). The average Bonchev–Trinajstić information content (AvgIpc) is 3.00. The van der Waals surface area contributed by atoms with E-state index in [9.17, 15) is 4.79 Å². The SMILES string of the molecule is CCCCCCCCNC(N)=NCC1CCC(C(=O)N(C)C)O1. The summed E-state index contributed by atoms with van der Waals surface area (Å²) in [4.78, 5) is 17.7. The van der Waals surface area contributed by atoms with Gasteiger partial charge in [-0.1, -0.05) is 39.0 Å². The highest BCUT2D eigenvalue weighted by atomic mass is 16.5. The zero-order chi connectivity index (χ0) is 17.1. The molecule has 1 amide bonds. The van der Waals surface area contributed by atoms with Crippen LogP contribution in [0, 0.1) is 0 Å². The summed E-state index contributed by atoms with van der Waals surface area (Å²) in [7, 11) is 3.50. The summed E-state index contributed by atoms with van der Waals surface area (Å²) in [6.45, 7) is 3.62. The largest absolute Gasteiger partial charge is 0.370 e. The second-order valence-electron chi connectivity index (χ2n) is 6.48. The Balaban J connectivity index is 2.11. The zero-order valence-electron chi connectivity index (χ0n) is 15.0. The van der Waals surface area contributed by atoms with E-state index < -0.39 is 0 Å². The number of hydrogen-bond acceptors (Lipinski definition) is 3. The fourth-order valence-electron chi connectivity index (χ4n) is 2.69. The molecule has 0 bridgehead atoms. The van der Waals surface area contributed by atoms with Crippen molar-refractivity contribution in [1.82, 2.24) is 10.2 Å². The lowest BCUT2D eigenvalue weighted by atomic mass is 10.1. The second kappa shape index (κ2) is 11.3. The second-order valence-corrected chi connectivity index (χ2v) is 6.48. The van der Waals surface area contributed by atoms with Crippen molar-refractivity contribution in [1.29, 1.82) is 0 Å². The molecule has 1 heterocycles. The zero-order valence-corrected chi connectivity index (χ0v) is 15.0. The molecule has 1 saturated heterocycles. The lowest BCUT2D eigenvalue weighted by molar-refractivity contribution is -0.140. The van der Waals surface area contributed by atoms with Crippen molar-refractivity contribution >= 4 is 11.9 Å². The molecule has 1 aliphatic heterocycles. The Labute approximate surface area is 140 Å². The molecule has 0 aliphatic carbocycles. The average molecular weight is 326 g/mol. The van der Waals surface area contributed by atoms with Crippen LogP contribution in [0.5, 0.6) is 0 Å². The van der Waals surface area contributed by atoms with E-state index >= 15 is 0 Å². The highest BCUT2D eigenvalue weighted by Crippen LogP contribution is 2.21. The third-order valence-corrected chi connectivity index (χ3v) is 4.13. The van der Waals surface area contributed by atoms with Gasteiger partial charge in [-0.25, -0.2) is 0 Å². The van der Waals surface area contributed by atoms with Crippen LogP contribution in [-0.2, 0) is 9.53 Å². The van der Waals surface area contributed by atoms with Gasteiger partial charge in [-0.05, 0) is 19.3 Å². The Morgan fingerprint density at radius 1 is 1.22 bits per heavy atom. The number of nitrogens with zero attached hydrogens (tertiary/aromatic N) is 2. The number of likely N-dealkylation sites (N-methyl/N-ethyl adjacent to an activating group) is 1. The molecule has 3 N–H and O–H groups in total. The minimum atomic E-state index is -0.317. The molecule has 134 valence electrons. The number of rotatable bonds is 10. The van der Waals surface area contributed by atoms with E-state index in [0.29, 0.717) is 12.5 Å². The van der Waals surface area contributed by atoms with Crippen LogP contribution < -0.4 is 11.1 Å². The summed E-state index contributed by atoms with van der Waals surface area (Å²) in [5, 5.41) is 3.15. The monoisotopic (exact) mass is 326 g/mol. The van der Waals surface area contributed by atoms with Gasteiger partial charge in [0.1, 0.15) is 6.10 Å². The first-order valence-corrected chi connectivity index (χ1v) is 8.95. The maximum absolute atomic E-state index is 11.8. The summed E-state index contributed by atoms with van der Waals surface area (Å²) >= 11 is 0. The molecule has 0 radical (unpaired) electrons. The van der Waals surface area contributed by atoms with Gasteiger partial charge in [-0.15, -0.1) is 0 Å². The number of nitrogens with one attached hydrogen (secondary N) is 1. The number of unbranched alkanes of at least 4 members (excludes halogenated alkanes) is 5. The molecule has 6 nitrogen and oxygen atoms in total. The third kappa shape index (κ3) is 8.21. The van der Waals surface area contributed by atoms with Crippen molar-refractivity contribution in [2.45, 2.75) is 70.5 Å². The first-order valence-electron chi connectivity index (χ1n) is 8.95. The summed E-state index contributed by atoms with van der Waals surface area (Å²) < 4.78 is 5.73. The standard InChI is InChI=1S/C17H34N4O2/c1-4-5-6-7-8-9-12-19-17(18)20-13-14-10-11-15(23-14)16(22)21(2)3/h14-15H,4-13H2,1-3H3,(H3,18,19,20). The summed E-state index contributed by atoms with van der Waals surface area (Å²) in [6, 6.07) is 0. The van der Waals surface area contributed by atoms with Crippen molar-refractivity contribution in [2.75, 3.05) is 27.2 Å². The normalized spacial score (nSPS) is 21.4. The number of carbonyl (C=O) groups is 1. The van der Waals surface area contributed by atoms with E-state index in [1.165, 1.54) is 32.1 Å². The van der Waals surface area contributed by atoms with Gasteiger partial charge in [-0.3, -0.25) is 9.79 Å². The maximum Gasteiger partial charge on any atom is 0.251 e. The maximum atomic E-state index is 11.8. The molecule has 2 atom stereocenters. The van der Waals surface area contributed by atoms with Gasteiger partial charge in [0.25, 0.3) is 5.91 Å². The Morgan fingerprint density at radius 3 is 2.61 bits per heavy atom. The minimum Gasteiger partial charge on any atom is -0.370 e. The van der Waals surface area contributed by atoms with Crippen LogP contribution in [0.15, 0.2) is 4.99 Å². The van der Waals surface area contributed by atoms with Crippen LogP contribution in [0.4, 0.5) is 0 Å². The van der Waals surface area contributed by atoms with Gasteiger partial charge < -0.3 is 20.7 Å². The van der Waals surface area contributed by atoms with Gasteiger partial charge in [0.15, 0.2) is 5.96 Å². The van der Waals surface area contributed by atoms with Crippen molar-refractivity contribution in [3.05, 3.63) is 0 Å². The molecule has 23 heavy (non-hydrogen) atoms. The predicted octanol–water partition coefficient (Wildman–Crippen LogP) is 1.89. The van der Waals surface area contributed by atoms with Crippen molar-refractivity contribution < 1.29 is 9.53 Å². The topological polar surface area (TPSA) is 79.9 Å². The van der Waals surface area contributed by atoms with Gasteiger partial charge in [0, 0.05) is 20.6 Å². The Bertz CT molecular complexity index is 372. The number of nitrogens with two attached hydrogens (primary N) is 1. The highest BCUT2D eigenvalue weighted by Gasteiger charge is 2.31. The van der Waals surface area contributed by atoms with Gasteiger partial charge >= 0.3 is 0 Å². The smallest absolute Gasteiger partial charge is 0.251 e. The lowest BCUT2D eigenvalue weighted by Crippen LogP contribution is -2.35.